The quantitative estimate of drug-likeness (QED) is 0.596. The minimum absolute atomic E-state index is 0.148. The Labute approximate surface area is 153 Å². The zero-order valence-corrected chi connectivity index (χ0v) is 16.1. The average molecular weight is 375 g/mol. The van der Waals surface area contributed by atoms with Crippen molar-refractivity contribution in [2.24, 2.45) is 5.92 Å². The van der Waals surface area contributed by atoms with E-state index in [0.29, 0.717) is 24.2 Å². The molecule has 1 fully saturated rings. The van der Waals surface area contributed by atoms with E-state index in [1.165, 1.54) is 0 Å². The number of hydrogen-bond acceptors (Lipinski definition) is 5. The summed E-state index contributed by atoms with van der Waals surface area (Å²) in [7, 11) is 2.01. The third-order valence-electron chi connectivity index (χ3n) is 3.73. The number of carbonyl (C=O) groups excluding carboxylic acids is 1. The summed E-state index contributed by atoms with van der Waals surface area (Å²) in [6, 6.07) is 0. The van der Waals surface area contributed by atoms with Crippen LogP contribution in [0.5, 0.6) is 0 Å². The number of rotatable bonds is 4. The zero-order valence-electron chi connectivity index (χ0n) is 14.6. The maximum absolute atomic E-state index is 12.1. The summed E-state index contributed by atoms with van der Waals surface area (Å²) >= 11 is 11.8. The SMILES string of the molecule is CN(Cc1cnc(Cl)nc1Cl)C[C@H]1CCN(C(=O)OC(C)(C)C)C1. The van der Waals surface area contributed by atoms with Crippen LogP contribution < -0.4 is 0 Å². The van der Waals surface area contributed by atoms with E-state index in [1.54, 1.807) is 11.1 Å². The molecule has 0 N–H and O–H groups in total. The predicted molar refractivity (Wildman–Crippen MR) is 94.3 cm³/mol. The number of halogens is 2. The van der Waals surface area contributed by atoms with Crippen molar-refractivity contribution in [3.8, 4) is 0 Å². The van der Waals surface area contributed by atoms with Crippen LogP contribution in [0, 0.1) is 5.92 Å². The van der Waals surface area contributed by atoms with Gasteiger partial charge >= 0.3 is 6.09 Å². The highest BCUT2D eigenvalue weighted by atomic mass is 35.5. The minimum Gasteiger partial charge on any atom is -0.444 e. The van der Waals surface area contributed by atoms with Crippen molar-refractivity contribution in [3.05, 3.63) is 22.2 Å². The molecular formula is C16H24Cl2N4O2. The lowest BCUT2D eigenvalue weighted by Crippen LogP contribution is -2.36. The smallest absolute Gasteiger partial charge is 0.410 e. The molecule has 0 unspecified atom stereocenters. The van der Waals surface area contributed by atoms with Gasteiger partial charge in [-0.25, -0.2) is 14.8 Å². The third-order valence-corrected chi connectivity index (χ3v) is 4.24. The lowest BCUT2D eigenvalue weighted by Gasteiger charge is -2.25. The fourth-order valence-corrected chi connectivity index (χ4v) is 3.11. The summed E-state index contributed by atoms with van der Waals surface area (Å²) in [5, 5.41) is 0.527. The summed E-state index contributed by atoms with van der Waals surface area (Å²) in [4.78, 5) is 24.0. The van der Waals surface area contributed by atoms with E-state index in [-0.39, 0.29) is 11.4 Å². The molecule has 1 amide bonds. The van der Waals surface area contributed by atoms with E-state index < -0.39 is 5.60 Å². The van der Waals surface area contributed by atoms with Crippen LogP contribution in [0.15, 0.2) is 6.20 Å². The number of amides is 1. The third kappa shape index (κ3) is 5.76. The van der Waals surface area contributed by atoms with Gasteiger partial charge in [0, 0.05) is 37.9 Å². The topological polar surface area (TPSA) is 58.6 Å². The van der Waals surface area contributed by atoms with Gasteiger partial charge in [-0.15, -0.1) is 0 Å². The molecule has 0 aromatic carbocycles. The summed E-state index contributed by atoms with van der Waals surface area (Å²) < 4.78 is 5.42. The van der Waals surface area contributed by atoms with Crippen LogP contribution in [0.2, 0.25) is 10.4 Å². The van der Waals surface area contributed by atoms with Gasteiger partial charge in [0.05, 0.1) is 0 Å². The van der Waals surface area contributed by atoms with Gasteiger partial charge in [-0.2, -0.15) is 0 Å². The molecule has 1 saturated heterocycles. The van der Waals surface area contributed by atoms with Crippen LogP contribution in [-0.2, 0) is 11.3 Å². The molecular weight excluding hydrogens is 351 g/mol. The lowest BCUT2D eigenvalue weighted by molar-refractivity contribution is 0.0285. The number of nitrogens with zero attached hydrogens (tertiary/aromatic N) is 4. The molecule has 134 valence electrons. The van der Waals surface area contributed by atoms with E-state index in [1.807, 2.05) is 27.8 Å². The molecule has 2 rings (SSSR count). The fraction of sp³-hybridized carbons (Fsp3) is 0.688. The molecule has 2 heterocycles. The Morgan fingerprint density at radius 1 is 1.46 bits per heavy atom. The zero-order chi connectivity index (χ0) is 17.9. The van der Waals surface area contributed by atoms with Gasteiger partial charge in [0.25, 0.3) is 0 Å². The van der Waals surface area contributed by atoms with E-state index >= 15 is 0 Å². The molecule has 1 aliphatic heterocycles. The molecule has 1 atom stereocenters. The van der Waals surface area contributed by atoms with Gasteiger partial charge in [0.1, 0.15) is 10.8 Å². The number of aromatic nitrogens is 2. The van der Waals surface area contributed by atoms with Gasteiger partial charge in [0.2, 0.25) is 5.28 Å². The van der Waals surface area contributed by atoms with Crippen LogP contribution in [-0.4, -0.2) is 58.1 Å². The summed E-state index contributed by atoms with van der Waals surface area (Å²) in [5.41, 5.74) is 0.377. The molecule has 8 heteroatoms. The van der Waals surface area contributed by atoms with Crippen molar-refractivity contribution < 1.29 is 9.53 Å². The second kappa shape index (κ2) is 7.85. The van der Waals surface area contributed by atoms with Gasteiger partial charge in [-0.05, 0) is 51.8 Å². The number of hydrogen-bond donors (Lipinski definition) is 0. The van der Waals surface area contributed by atoms with Crippen LogP contribution in [0.4, 0.5) is 4.79 Å². The molecule has 1 aliphatic rings. The Morgan fingerprint density at radius 2 is 2.17 bits per heavy atom. The summed E-state index contributed by atoms with van der Waals surface area (Å²) in [5.74, 6) is 0.412. The second-order valence-corrected chi connectivity index (χ2v) is 7.93. The van der Waals surface area contributed by atoms with Gasteiger partial charge in [-0.3, -0.25) is 0 Å². The van der Waals surface area contributed by atoms with Gasteiger partial charge in [-0.1, -0.05) is 11.6 Å². The van der Waals surface area contributed by atoms with Crippen LogP contribution in [0.1, 0.15) is 32.8 Å². The number of carbonyl (C=O) groups is 1. The number of ether oxygens (including phenoxy) is 1. The van der Waals surface area contributed by atoms with Crippen molar-refractivity contribution >= 4 is 29.3 Å². The van der Waals surface area contributed by atoms with Crippen LogP contribution in [0.25, 0.3) is 0 Å². The first-order chi connectivity index (χ1) is 11.1. The first kappa shape index (κ1) is 19.2. The maximum Gasteiger partial charge on any atom is 0.410 e. The first-order valence-corrected chi connectivity index (χ1v) is 8.73. The van der Waals surface area contributed by atoms with E-state index in [2.05, 4.69) is 14.9 Å². The van der Waals surface area contributed by atoms with Crippen LogP contribution >= 0.6 is 23.2 Å². The van der Waals surface area contributed by atoms with Gasteiger partial charge < -0.3 is 14.5 Å². The fourth-order valence-electron chi connectivity index (χ4n) is 2.74. The Morgan fingerprint density at radius 3 is 2.79 bits per heavy atom. The molecule has 24 heavy (non-hydrogen) atoms. The van der Waals surface area contributed by atoms with Crippen molar-refractivity contribution in [1.29, 1.82) is 0 Å². The Kier molecular flexibility index (Phi) is 6.28. The Hall–Kier alpha value is -1.11. The normalized spacial score (nSPS) is 18.3. The molecule has 0 bridgehead atoms. The van der Waals surface area contributed by atoms with E-state index in [0.717, 1.165) is 25.1 Å². The highest BCUT2D eigenvalue weighted by Gasteiger charge is 2.30. The Bertz CT molecular complexity index is 592. The molecule has 0 spiro atoms. The standard InChI is InChI=1S/C16H24Cl2N4O2/c1-16(2,3)24-15(23)22-6-5-11(9-22)8-21(4)10-12-7-19-14(18)20-13(12)17/h7,11H,5-6,8-10H2,1-4H3/t11-/m1/s1. The predicted octanol–water partition coefficient (Wildman–Crippen LogP) is 3.47. The second-order valence-electron chi connectivity index (χ2n) is 7.23. The highest BCUT2D eigenvalue weighted by molar-refractivity contribution is 6.32. The molecule has 0 saturated carbocycles. The Balaban J connectivity index is 1.83. The monoisotopic (exact) mass is 374 g/mol. The van der Waals surface area contributed by atoms with Crippen molar-refractivity contribution in [2.75, 3.05) is 26.7 Å². The van der Waals surface area contributed by atoms with Gasteiger partial charge in [0.15, 0.2) is 0 Å². The molecule has 6 nitrogen and oxygen atoms in total. The van der Waals surface area contributed by atoms with E-state index in [4.69, 9.17) is 27.9 Å². The minimum atomic E-state index is -0.461. The molecule has 0 aliphatic carbocycles. The highest BCUT2D eigenvalue weighted by Crippen LogP contribution is 2.22. The summed E-state index contributed by atoms with van der Waals surface area (Å²) in [6.45, 7) is 8.58. The maximum atomic E-state index is 12.1. The largest absolute Gasteiger partial charge is 0.444 e. The van der Waals surface area contributed by atoms with E-state index in [9.17, 15) is 4.79 Å². The molecule has 1 aromatic heterocycles. The first-order valence-electron chi connectivity index (χ1n) is 7.97. The summed E-state index contributed by atoms with van der Waals surface area (Å²) in [6.07, 6.45) is 2.38. The number of likely N-dealkylation sites (tertiary alicyclic amines) is 1. The van der Waals surface area contributed by atoms with Crippen LogP contribution in [0.3, 0.4) is 0 Å². The lowest BCUT2D eigenvalue weighted by atomic mass is 10.1. The van der Waals surface area contributed by atoms with Crippen molar-refractivity contribution in [3.63, 3.8) is 0 Å². The molecule has 1 aromatic rings. The average Bonchev–Trinajstić information content (AvgIpc) is 2.88. The molecule has 0 radical (unpaired) electrons. The van der Waals surface area contributed by atoms with Crippen molar-refractivity contribution in [2.45, 2.75) is 39.3 Å². The van der Waals surface area contributed by atoms with Crippen molar-refractivity contribution in [1.82, 2.24) is 19.8 Å².